The largest absolute Gasteiger partial charge is 0.465 e. The average Bonchev–Trinajstić information content (AvgIpc) is 3.41. The number of hydrogen-bond acceptors (Lipinski definition) is 8. The number of benzene rings is 1. The van der Waals surface area contributed by atoms with Crippen LogP contribution in [0.1, 0.15) is 31.1 Å². The van der Waals surface area contributed by atoms with E-state index in [0.29, 0.717) is 28.2 Å². The van der Waals surface area contributed by atoms with Crippen molar-refractivity contribution in [2.45, 2.75) is 44.0 Å². The molecular weight excluding hydrogens is 457 g/mol. The first-order chi connectivity index (χ1) is 15.3. The lowest BCUT2D eigenvalue weighted by Gasteiger charge is -2.32. The Morgan fingerprint density at radius 3 is 2.91 bits per heavy atom. The van der Waals surface area contributed by atoms with Crippen LogP contribution in [0.4, 0.5) is 4.39 Å². The van der Waals surface area contributed by atoms with Crippen molar-refractivity contribution in [3.8, 4) is 22.2 Å². The van der Waals surface area contributed by atoms with Crippen LogP contribution in [0.25, 0.3) is 22.2 Å². The normalized spacial score (nSPS) is 17.4. The van der Waals surface area contributed by atoms with Crippen LogP contribution in [0.2, 0.25) is 0 Å². The van der Waals surface area contributed by atoms with E-state index in [2.05, 4.69) is 10.1 Å². The molecule has 0 spiro atoms. The van der Waals surface area contributed by atoms with Crippen LogP contribution in [0.3, 0.4) is 0 Å². The number of carbonyl (C=O) groups is 1. The topological polar surface area (TPSA) is 103 Å². The quantitative estimate of drug-likeness (QED) is 0.492. The van der Waals surface area contributed by atoms with Gasteiger partial charge in [0.05, 0.1) is 16.4 Å². The Bertz CT molecular complexity index is 1240. The van der Waals surface area contributed by atoms with E-state index in [1.54, 1.807) is 26.0 Å². The second kappa shape index (κ2) is 9.08. The molecule has 0 N–H and O–H groups in total. The van der Waals surface area contributed by atoms with Crippen LogP contribution in [-0.4, -0.2) is 48.0 Å². The van der Waals surface area contributed by atoms with Gasteiger partial charge in [0, 0.05) is 17.0 Å². The van der Waals surface area contributed by atoms with Crippen LogP contribution in [-0.2, 0) is 19.6 Å². The second-order valence-electron chi connectivity index (χ2n) is 7.34. The van der Waals surface area contributed by atoms with Gasteiger partial charge in [-0.2, -0.15) is 9.29 Å². The lowest BCUT2D eigenvalue weighted by Crippen LogP contribution is -2.48. The molecule has 0 radical (unpaired) electrons. The smallest absolute Gasteiger partial charge is 0.324 e. The van der Waals surface area contributed by atoms with Crippen molar-refractivity contribution in [2.24, 2.45) is 0 Å². The van der Waals surface area contributed by atoms with Gasteiger partial charge in [-0.05, 0) is 51.3 Å². The number of thiophene rings is 1. The summed E-state index contributed by atoms with van der Waals surface area (Å²) in [6.45, 7) is 3.82. The van der Waals surface area contributed by atoms with Crippen LogP contribution in [0.15, 0.2) is 39.8 Å². The van der Waals surface area contributed by atoms with Gasteiger partial charge in [0.1, 0.15) is 11.9 Å². The minimum atomic E-state index is -3.94. The summed E-state index contributed by atoms with van der Waals surface area (Å²) < 4.78 is 52.0. The fourth-order valence-electron chi connectivity index (χ4n) is 3.69. The van der Waals surface area contributed by atoms with Gasteiger partial charge in [-0.25, -0.2) is 12.8 Å². The first kappa shape index (κ1) is 22.6. The molecule has 0 unspecified atom stereocenters. The van der Waals surface area contributed by atoms with Gasteiger partial charge >= 0.3 is 5.97 Å². The summed E-state index contributed by atoms with van der Waals surface area (Å²) >= 11 is 1.20. The van der Waals surface area contributed by atoms with E-state index in [-0.39, 0.29) is 29.8 Å². The summed E-state index contributed by atoms with van der Waals surface area (Å²) in [5, 5.41) is 3.88. The Kier molecular flexibility index (Phi) is 6.40. The summed E-state index contributed by atoms with van der Waals surface area (Å²) in [7, 11) is -3.94. The number of esters is 1. The predicted octanol–water partition coefficient (Wildman–Crippen LogP) is 4.02. The first-order valence-corrected chi connectivity index (χ1v) is 12.5. The third-order valence-electron chi connectivity index (χ3n) is 5.19. The average molecular weight is 480 g/mol. The molecule has 0 saturated carbocycles. The maximum Gasteiger partial charge on any atom is 0.324 e. The zero-order valence-corrected chi connectivity index (χ0v) is 19.2. The number of hydrogen-bond donors (Lipinski definition) is 0. The fourth-order valence-corrected chi connectivity index (χ4v) is 6.82. The van der Waals surface area contributed by atoms with E-state index >= 15 is 0 Å². The zero-order valence-electron chi connectivity index (χ0n) is 17.6. The second-order valence-corrected chi connectivity index (χ2v) is 10.5. The molecule has 0 aliphatic carbocycles. The molecule has 0 amide bonds. The molecule has 1 aliphatic rings. The standard InChI is InChI=1S/C21H22FN3O5S2/c1-3-29-21(26)16-9-4-5-10-25(16)32(27,28)18-12-17(31-13(18)2)20-23-19(24-30-20)14-7-6-8-15(22)11-14/h6-8,11-12,16H,3-5,9-10H2,1-2H3/t16-/m1/s1. The van der Waals surface area contributed by atoms with Crippen molar-refractivity contribution < 1.29 is 26.9 Å². The molecule has 3 heterocycles. The highest BCUT2D eigenvalue weighted by atomic mass is 32.2. The highest BCUT2D eigenvalue weighted by Crippen LogP contribution is 2.36. The summed E-state index contributed by atoms with van der Waals surface area (Å²) in [6.07, 6.45) is 1.86. The maximum absolute atomic E-state index is 13.5. The third kappa shape index (κ3) is 4.32. The number of carbonyl (C=O) groups excluding carboxylic acids is 1. The molecule has 32 heavy (non-hydrogen) atoms. The summed E-state index contributed by atoms with van der Waals surface area (Å²) in [4.78, 5) is 17.8. The number of ether oxygens (including phenoxy) is 1. The van der Waals surface area contributed by atoms with Gasteiger partial charge in [-0.15, -0.1) is 11.3 Å². The lowest BCUT2D eigenvalue weighted by molar-refractivity contribution is -0.148. The van der Waals surface area contributed by atoms with Gasteiger partial charge < -0.3 is 9.26 Å². The van der Waals surface area contributed by atoms with Crippen LogP contribution < -0.4 is 0 Å². The highest BCUT2D eigenvalue weighted by molar-refractivity contribution is 7.89. The highest BCUT2D eigenvalue weighted by Gasteiger charge is 2.39. The minimum Gasteiger partial charge on any atom is -0.465 e. The molecule has 11 heteroatoms. The Morgan fingerprint density at radius 1 is 1.34 bits per heavy atom. The molecular formula is C21H22FN3O5S2. The van der Waals surface area contributed by atoms with Crippen molar-refractivity contribution >= 4 is 27.3 Å². The number of aryl methyl sites for hydroxylation is 1. The zero-order chi connectivity index (χ0) is 22.9. The van der Waals surface area contributed by atoms with Crippen molar-refractivity contribution in [2.75, 3.05) is 13.2 Å². The van der Waals surface area contributed by atoms with Crippen LogP contribution in [0.5, 0.6) is 0 Å². The van der Waals surface area contributed by atoms with E-state index in [1.807, 2.05) is 0 Å². The van der Waals surface area contributed by atoms with E-state index in [0.717, 1.165) is 6.42 Å². The van der Waals surface area contributed by atoms with Gasteiger partial charge in [0.2, 0.25) is 15.8 Å². The summed E-state index contributed by atoms with van der Waals surface area (Å²) in [5.41, 5.74) is 0.451. The van der Waals surface area contributed by atoms with Gasteiger partial charge in [-0.3, -0.25) is 4.79 Å². The SMILES string of the molecule is CCOC(=O)[C@H]1CCCCN1S(=O)(=O)c1cc(-c2nc(-c3cccc(F)c3)no2)sc1C. The first-order valence-electron chi connectivity index (χ1n) is 10.2. The number of rotatable bonds is 6. The monoisotopic (exact) mass is 479 g/mol. The Balaban J connectivity index is 1.65. The van der Waals surface area contributed by atoms with Crippen LogP contribution in [0, 0.1) is 12.7 Å². The summed E-state index contributed by atoms with van der Waals surface area (Å²) in [6, 6.07) is 6.44. The third-order valence-corrected chi connectivity index (χ3v) is 8.39. The van der Waals surface area contributed by atoms with E-state index in [1.165, 1.54) is 33.8 Å². The molecule has 4 rings (SSSR count). The van der Waals surface area contributed by atoms with E-state index in [9.17, 15) is 17.6 Å². The van der Waals surface area contributed by atoms with Gasteiger partial charge in [0.15, 0.2) is 0 Å². The predicted molar refractivity (Wildman–Crippen MR) is 116 cm³/mol. The molecule has 1 atom stereocenters. The molecule has 170 valence electrons. The van der Waals surface area contributed by atoms with Gasteiger partial charge in [-0.1, -0.05) is 17.3 Å². The summed E-state index contributed by atoms with van der Waals surface area (Å²) in [5.74, 6) is -0.611. The van der Waals surface area contributed by atoms with E-state index < -0.39 is 27.9 Å². The van der Waals surface area contributed by atoms with Crippen molar-refractivity contribution in [3.63, 3.8) is 0 Å². The molecule has 1 saturated heterocycles. The molecule has 8 nitrogen and oxygen atoms in total. The Morgan fingerprint density at radius 2 is 2.16 bits per heavy atom. The number of piperidine rings is 1. The molecule has 1 aromatic carbocycles. The van der Waals surface area contributed by atoms with Crippen molar-refractivity contribution in [1.29, 1.82) is 0 Å². The Labute approximate surface area is 189 Å². The molecule has 2 aromatic heterocycles. The molecule has 1 aliphatic heterocycles. The number of halogens is 1. The lowest BCUT2D eigenvalue weighted by atomic mass is 10.1. The van der Waals surface area contributed by atoms with E-state index in [4.69, 9.17) is 9.26 Å². The van der Waals surface area contributed by atoms with Crippen LogP contribution >= 0.6 is 11.3 Å². The molecule has 0 bridgehead atoms. The van der Waals surface area contributed by atoms with Crippen molar-refractivity contribution in [1.82, 2.24) is 14.4 Å². The number of aromatic nitrogens is 2. The molecule has 3 aromatic rings. The Hall–Kier alpha value is -2.63. The van der Waals surface area contributed by atoms with Gasteiger partial charge in [0.25, 0.3) is 5.89 Å². The maximum atomic E-state index is 13.5. The molecule has 1 fully saturated rings. The minimum absolute atomic E-state index is 0.0965. The number of nitrogens with zero attached hydrogens (tertiary/aromatic N) is 3. The van der Waals surface area contributed by atoms with Crippen molar-refractivity contribution in [3.05, 3.63) is 41.0 Å². The fraction of sp³-hybridized carbons (Fsp3) is 0.381. The number of sulfonamides is 1.